The van der Waals surface area contributed by atoms with E-state index in [4.69, 9.17) is 5.73 Å². The summed E-state index contributed by atoms with van der Waals surface area (Å²) >= 11 is 0. The van der Waals surface area contributed by atoms with Gasteiger partial charge in [-0.3, -0.25) is 9.79 Å². The summed E-state index contributed by atoms with van der Waals surface area (Å²) in [5.74, 6) is -0.593. The summed E-state index contributed by atoms with van der Waals surface area (Å²) in [4.78, 5) is 13.6. The quantitative estimate of drug-likeness (QED) is 0.389. The summed E-state index contributed by atoms with van der Waals surface area (Å²) in [5, 5.41) is 0. The normalized spacial score (nSPS) is 9.33. The lowest BCUT2D eigenvalue weighted by atomic mass is 10.4. The highest BCUT2D eigenvalue weighted by Gasteiger charge is 1.96. The molecular weight excluding hydrogens is 152 g/mol. The van der Waals surface area contributed by atoms with Crippen molar-refractivity contribution in [1.82, 2.24) is 0 Å². The molecule has 0 bridgehead atoms. The first-order valence-electron chi connectivity index (χ1n) is 3.73. The number of allylic oxidation sites excluding steroid dienone is 2. The summed E-state index contributed by atoms with van der Waals surface area (Å²) in [6, 6.07) is 0. The topological polar surface area (TPSA) is 55.4 Å². The van der Waals surface area contributed by atoms with Crippen LogP contribution in [-0.4, -0.2) is 12.6 Å². The van der Waals surface area contributed by atoms with E-state index in [1.165, 1.54) is 18.6 Å². The van der Waals surface area contributed by atoms with E-state index in [0.29, 0.717) is 0 Å². The van der Waals surface area contributed by atoms with Gasteiger partial charge in [0.2, 0.25) is 0 Å². The number of primary amides is 1. The molecule has 0 heterocycles. The predicted octanol–water partition coefficient (Wildman–Crippen LogP) is 1.66. The zero-order chi connectivity index (χ0) is 9.98. The fourth-order valence-corrected chi connectivity index (χ4v) is 0.324. The molecule has 0 aliphatic rings. The van der Waals surface area contributed by atoms with E-state index in [1.54, 1.807) is 0 Å². The van der Waals surface area contributed by atoms with Crippen LogP contribution in [0.4, 0.5) is 0 Å². The highest BCUT2D eigenvalue weighted by atomic mass is 16.1. The highest BCUT2D eigenvalue weighted by molar-refractivity contribution is 5.92. The summed E-state index contributed by atoms with van der Waals surface area (Å²) in [7, 11) is 0. The molecule has 3 nitrogen and oxygen atoms in total. The van der Waals surface area contributed by atoms with Crippen LogP contribution in [0.15, 0.2) is 29.4 Å². The van der Waals surface area contributed by atoms with Gasteiger partial charge in [-0.15, -0.1) is 0 Å². The Labute approximate surface area is 73.7 Å². The smallest absolute Gasteiger partial charge is 0.267 e. The maximum Gasteiger partial charge on any atom is 0.267 e. The second kappa shape index (κ2) is 9.62. The van der Waals surface area contributed by atoms with Gasteiger partial charge in [-0.2, -0.15) is 0 Å². The van der Waals surface area contributed by atoms with Crippen LogP contribution in [-0.2, 0) is 4.79 Å². The Morgan fingerprint density at radius 3 is 2.08 bits per heavy atom. The molecule has 68 valence electrons. The monoisotopic (exact) mass is 168 g/mol. The first kappa shape index (κ1) is 13.2. The molecule has 12 heavy (non-hydrogen) atoms. The van der Waals surface area contributed by atoms with Crippen molar-refractivity contribution >= 4 is 12.6 Å². The molecule has 0 spiro atoms. The first-order valence-corrected chi connectivity index (χ1v) is 3.73. The second-order valence-electron chi connectivity index (χ2n) is 2.02. The average Bonchev–Trinajstić information content (AvgIpc) is 2.01. The van der Waals surface area contributed by atoms with Crippen molar-refractivity contribution in [3.8, 4) is 0 Å². The summed E-state index contributed by atoms with van der Waals surface area (Å²) in [5.41, 5.74) is 4.97. The first-order chi connectivity index (χ1) is 5.63. The molecular formula is C9H16N2O. The highest BCUT2D eigenvalue weighted by Crippen LogP contribution is 1.91. The molecule has 0 aromatic rings. The molecule has 0 aromatic heterocycles. The van der Waals surface area contributed by atoms with Crippen LogP contribution in [0, 0.1) is 0 Å². The minimum Gasteiger partial charge on any atom is -0.364 e. The van der Waals surface area contributed by atoms with E-state index in [-0.39, 0.29) is 5.70 Å². The van der Waals surface area contributed by atoms with Gasteiger partial charge < -0.3 is 5.73 Å². The molecule has 3 heteroatoms. The van der Waals surface area contributed by atoms with Crippen LogP contribution in [0.1, 0.15) is 20.3 Å². The molecule has 0 saturated carbocycles. The molecule has 0 rings (SSSR count). The fourth-order valence-electron chi connectivity index (χ4n) is 0.324. The predicted molar refractivity (Wildman–Crippen MR) is 53.0 cm³/mol. The van der Waals surface area contributed by atoms with Gasteiger partial charge in [-0.1, -0.05) is 32.9 Å². The zero-order valence-corrected chi connectivity index (χ0v) is 7.71. The second-order valence-corrected chi connectivity index (χ2v) is 2.02. The number of carbonyl (C=O) groups excluding carboxylic acids is 1. The van der Waals surface area contributed by atoms with Gasteiger partial charge >= 0.3 is 0 Å². The number of nitrogens with two attached hydrogens (primary N) is 1. The van der Waals surface area contributed by atoms with Crippen LogP contribution in [0.25, 0.3) is 0 Å². The van der Waals surface area contributed by atoms with E-state index in [2.05, 4.69) is 32.1 Å². The third-order valence-electron chi connectivity index (χ3n) is 0.699. The van der Waals surface area contributed by atoms with Gasteiger partial charge in [0.1, 0.15) is 5.70 Å². The SMILES string of the molecule is C=C/C=C(\N=C)C(N)=O.CCC. The number of hydrogen-bond donors (Lipinski definition) is 1. The molecule has 0 fully saturated rings. The Bertz CT molecular complexity index is 183. The lowest BCUT2D eigenvalue weighted by Crippen LogP contribution is -2.11. The number of rotatable bonds is 3. The van der Waals surface area contributed by atoms with E-state index in [0.717, 1.165) is 0 Å². The molecule has 0 atom stereocenters. The molecule has 2 N–H and O–H groups in total. The van der Waals surface area contributed by atoms with Gasteiger partial charge in [0, 0.05) is 0 Å². The number of nitrogens with zero attached hydrogens (tertiary/aromatic N) is 1. The average molecular weight is 168 g/mol. The molecule has 0 aliphatic heterocycles. The minimum atomic E-state index is -0.593. The van der Waals surface area contributed by atoms with E-state index in [9.17, 15) is 4.79 Å². The molecule has 0 unspecified atom stereocenters. The van der Waals surface area contributed by atoms with Gasteiger partial charge in [0.15, 0.2) is 0 Å². The van der Waals surface area contributed by atoms with Gasteiger partial charge in [0.25, 0.3) is 5.91 Å². The zero-order valence-electron chi connectivity index (χ0n) is 7.71. The van der Waals surface area contributed by atoms with Crippen LogP contribution >= 0.6 is 0 Å². The molecule has 1 amide bonds. The Hall–Kier alpha value is -1.38. The van der Waals surface area contributed by atoms with Crippen molar-refractivity contribution in [2.45, 2.75) is 20.3 Å². The third-order valence-corrected chi connectivity index (χ3v) is 0.699. The van der Waals surface area contributed by atoms with E-state index in [1.807, 2.05) is 0 Å². The Balaban J connectivity index is 0. The van der Waals surface area contributed by atoms with Crippen molar-refractivity contribution in [3.63, 3.8) is 0 Å². The van der Waals surface area contributed by atoms with Crippen LogP contribution in [0.2, 0.25) is 0 Å². The van der Waals surface area contributed by atoms with Crippen molar-refractivity contribution in [3.05, 3.63) is 24.4 Å². The van der Waals surface area contributed by atoms with Crippen molar-refractivity contribution in [1.29, 1.82) is 0 Å². The van der Waals surface area contributed by atoms with Crippen LogP contribution in [0.5, 0.6) is 0 Å². The number of hydrogen-bond acceptors (Lipinski definition) is 2. The van der Waals surface area contributed by atoms with E-state index < -0.39 is 5.91 Å². The van der Waals surface area contributed by atoms with E-state index >= 15 is 0 Å². The largest absolute Gasteiger partial charge is 0.364 e. The van der Waals surface area contributed by atoms with Crippen LogP contribution in [0.3, 0.4) is 0 Å². The standard InChI is InChI=1S/C6H8N2O.C3H8/c1-3-4-5(8-2)6(7)9;1-3-2/h3-4H,1-2H2,(H2,7,9);3H2,1-2H3/b5-4-;. The molecule has 0 saturated heterocycles. The lowest BCUT2D eigenvalue weighted by Gasteiger charge is -1.88. The fraction of sp³-hybridized carbons (Fsp3) is 0.333. The summed E-state index contributed by atoms with van der Waals surface area (Å²) < 4.78 is 0. The Morgan fingerprint density at radius 2 is 2.00 bits per heavy atom. The molecule has 0 aliphatic carbocycles. The molecule has 0 radical (unpaired) electrons. The van der Waals surface area contributed by atoms with Gasteiger partial charge in [-0.25, -0.2) is 0 Å². The lowest BCUT2D eigenvalue weighted by molar-refractivity contribution is -0.114. The third kappa shape index (κ3) is 8.62. The Morgan fingerprint density at radius 1 is 1.58 bits per heavy atom. The minimum absolute atomic E-state index is 0.130. The van der Waals surface area contributed by atoms with Gasteiger partial charge in [-0.05, 0) is 12.8 Å². The number of carbonyl (C=O) groups is 1. The number of aliphatic imine (C=N–C) groups is 1. The molecule has 0 aromatic carbocycles. The van der Waals surface area contributed by atoms with Crippen molar-refractivity contribution in [2.24, 2.45) is 10.7 Å². The van der Waals surface area contributed by atoms with Gasteiger partial charge in [0.05, 0.1) is 0 Å². The summed E-state index contributed by atoms with van der Waals surface area (Å²) in [6.45, 7) is 10.7. The summed E-state index contributed by atoms with van der Waals surface area (Å²) in [6.07, 6.45) is 4.07. The van der Waals surface area contributed by atoms with Crippen molar-refractivity contribution < 1.29 is 4.79 Å². The number of amides is 1. The Kier molecular flexibility index (Phi) is 10.6. The maximum atomic E-state index is 10.3. The maximum absolute atomic E-state index is 10.3. The van der Waals surface area contributed by atoms with Crippen molar-refractivity contribution in [2.75, 3.05) is 0 Å². The van der Waals surface area contributed by atoms with Crippen LogP contribution < -0.4 is 5.73 Å².